The maximum absolute atomic E-state index is 12.5. The van der Waals surface area contributed by atoms with Crippen molar-refractivity contribution in [1.29, 1.82) is 0 Å². The molecule has 0 atom stereocenters. The van der Waals surface area contributed by atoms with Crippen LogP contribution >= 0.6 is 0 Å². The monoisotopic (exact) mass is 430 g/mol. The highest BCUT2D eigenvalue weighted by atomic mass is 16.5. The highest BCUT2D eigenvalue weighted by molar-refractivity contribution is 5.99. The first-order chi connectivity index (χ1) is 15.7. The van der Waals surface area contributed by atoms with Gasteiger partial charge in [-0.1, -0.05) is 0 Å². The number of aromatic nitrogens is 4. The van der Waals surface area contributed by atoms with Gasteiger partial charge in [-0.05, 0) is 60.5 Å². The first-order valence-electron chi connectivity index (χ1n) is 9.97. The Morgan fingerprint density at radius 3 is 2.53 bits per heavy atom. The number of methoxy groups -OCH3 is 1. The summed E-state index contributed by atoms with van der Waals surface area (Å²) in [5.74, 6) is 2.01. The van der Waals surface area contributed by atoms with Gasteiger partial charge in [0, 0.05) is 37.4 Å². The van der Waals surface area contributed by atoms with Crippen LogP contribution in [0.25, 0.3) is 0 Å². The molecule has 4 aromatic rings. The van der Waals surface area contributed by atoms with E-state index in [4.69, 9.17) is 9.47 Å². The lowest BCUT2D eigenvalue weighted by Crippen LogP contribution is -2.20. The van der Waals surface area contributed by atoms with Gasteiger partial charge in [-0.25, -0.2) is 9.78 Å². The zero-order chi connectivity index (χ0) is 22.2. The van der Waals surface area contributed by atoms with Crippen LogP contribution in [-0.2, 0) is 13.0 Å². The van der Waals surface area contributed by atoms with Crippen molar-refractivity contribution in [1.82, 2.24) is 19.7 Å². The molecule has 0 unspecified atom stereocenters. The molecular formula is C23H22N6O3. The number of carbonyl (C=O) groups is 1. The zero-order valence-corrected chi connectivity index (χ0v) is 17.4. The number of nitrogens with one attached hydrogen (secondary N) is 2. The second kappa shape index (κ2) is 10.1. The van der Waals surface area contributed by atoms with Crippen molar-refractivity contribution >= 4 is 17.5 Å². The van der Waals surface area contributed by atoms with E-state index in [2.05, 4.69) is 25.7 Å². The number of rotatable bonds is 8. The van der Waals surface area contributed by atoms with Gasteiger partial charge in [-0.3, -0.25) is 15.0 Å². The lowest BCUT2D eigenvalue weighted by Gasteiger charge is -2.11. The number of pyridine rings is 2. The van der Waals surface area contributed by atoms with Crippen LogP contribution in [0.15, 0.2) is 79.4 Å². The molecule has 4 rings (SSSR count). The standard InChI is InChI=1S/C23H22N6O3/c1-31-18-4-6-19(7-5-18)32-22-20(3-2-12-25-22)26-23(30)27-21-11-16-29(28-21)15-10-17-8-13-24-14-9-17/h2-9,11-14,16H,10,15H2,1H3,(H2,26,27,28,30). The van der Waals surface area contributed by atoms with E-state index >= 15 is 0 Å². The molecule has 0 aliphatic rings. The maximum atomic E-state index is 12.5. The number of aryl methyl sites for hydroxylation is 2. The van der Waals surface area contributed by atoms with Gasteiger partial charge in [-0.15, -0.1) is 0 Å². The summed E-state index contributed by atoms with van der Waals surface area (Å²) in [6, 6.07) is 15.7. The largest absolute Gasteiger partial charge is 0.497 e. The molecule has 0 spiro atoms. The van der Waals surface area contributed by atoms with Gasteiger partial charge in [0.25, 0.3) is 0 Å². The van der Waals surface area contributed by atoms with Crippen LogP contribution < -0.4 is 20.1 Å². The van der Waals surface area contributed by atoms with Crippen molar-refractivity contribution in [2.24, 2.45) is 0 Å². The molecule has 32 heavy (non-hydrogen) atoms. The van der Waals surface area contributed by atoms with Crippen LogP contribution in [0.1, 0.15) is 5.56 Å². The molecule has 0 bridgehead atoms. The Balaban J connectivity index is 1.34. The maximum Gasteiger partial charge on any atom is 0.325 e. The van der Waals surface area contributed by atoms with E-state index < -0.39 is 6.03 Å². The number of anilines is 2. The molecule has 0 fully saturated rings. The molecule has 0 radical (unpaired) electrons. The Hall–Kier alpha value is -4.40. The Kier molecular flexibility index (Phi) is 6.57. The predicted molar refractivity (Wildman–Crippen MR) is 120 cm³/mol. The number of hydrogen-bond acceptors (Lipinski definition) is 6. The van der Waals surface area contributed by atoms with E-state index in [9.17, 15) is 4.79 Å². The van der Waals surface area contributed by atoms with Crippen molar-refractivity contribution in [3.05, 3.63) is 84.9 Å². The Morgan fingerprint density at radius 1 is 0.969 bits per heavy atom. The van der Waals surface area contributed by atoms with E-state index in [0.717, 1.165) is 12.2 Å². The van der Waals surface area contributed by atoms with E-state index in [0.29, 0.717) is 23.8 Å². The number of ether oxygens (including phenoxy) is 2. The normalized spacial score (nSPS) is 10.4. The first-order valence-corrected chi connectivity index (χ1v) is 9.97. The third kappa shape index (κ3) is 5.60. The Bertz CT molecular complexity index is 1160. The molecule has 1 aromatic carbocycles. The van der Waals surface area contributed by atoms with Crippen LogP contribution in [-0.4, -0.2) is 32.9 Å². The van der Waals surface area contributed by atoms with E-state index in [1.165, 1.54) is 5.56 Å². The molecule has 3 aromatic heterocycles. The SMILES string of the molecule is COc1ccc(Oc2ncccc2NC(=O)Nc2ccn(CCc3ccncc3)n2)cc1. The molecule has 3 heterocycles. The van der Waals surface area contributed by atoms with Crippen molar-refractivity contribution in [3.63, 3.8) is 0 Å². The fourth-order valence-electron chi connectivity index (χ4n) is 2.94. The molecule has 9 heteroatoms. The van der Waals surface area contributed by atoms with Crippen LogP contribution in [0.3, 0.4) is 0 Å². The summed E-state index contributed by atoms with van der Waals surface area (Å²) in [5, 5.41) is 9.86. The predicted octanol–water partition coefficient (Wildman–Crippen LogP) is 4.36. The minimum absolute atomic E-state index is 0.274. The third-order valence-corrected chi connectivity index (χ3v) is 4.55. The molecule has 9 nitrogen and oxygen atoms in total. The fourth-order valence-corrected chi connectivity index (χ4v) is 2.94. The summed E-state index contributed by atoms with van der Waals surface area (Å²) < 4.78 is 12.7. The van der Waals surface area contributed by atoms with Gasteiger partial charge < -0.3 is 14.8 Å². The van der Waals surface area contributed by atoms with Gasteiger partial charge in [0.05, 0.1) is 7.11 Å². The van der Waals surface area contributed by atoms with E-state index in [1.807, 2.05) is 18.3 Å². The van der Waals surface area contributed by atoms with Crippen LogP contribution in [0.2, 0.25) is 0 Å². The topological polar surface area (TPSA) is 103 Å². The summed E-state index contributed by atoms with van der Waals surface area (Å²) in [4.78, 5) is 20.7. The summed E-state index contributed by atoms with van der Waals surface area (Å²) in [6.07, 6.45) is 7.75. The number of benzene rings is 1. The number of hydrogen-bond donors (Lipinski definition) is 2. The van der Waals surface area contributed by atoms with Crippen LogP contribution in [0.4, 0.5) is 16.3 Å². The van der Waals surface area contributed by atoms with Crippen molar-refractivity contribution < 1.29 is 14.3 Å². The molecule has 2 amide bonds. The summed E-state index contributed by atoms with van der Waals surface area (Å²) in [5.41, 5.74) is 1.60. The van der Waals surface area contributed by atoms with Gasteiger partial charge in [-0.2, -0.15) is 5.10 Å². The molecule has 2 N–H and O–H groups in total. The van der Waals surface area contributed by atoms with Gasteiger partial charge in [0.15, 0.2) is 5.82 Å². The van der Waals surface area contributed by atoms with E-state index in [-0.39, 0.29) is 5.88 Å². The van der Waals surface area contributed by atoms with E-state index in [1.54, 1.807) is 72.8 Å². The lowest BCUT2D eigenvalue weighted by atomic mass is 10.2. The number of amides is 2. The highest BCUT2D eigenvalue weighted by Crippen LogP contribution is 2.28. The van der Waals surface area contributed by atoms with Crippen LogP contribution in [0, 0.1) is 0 Å². The number of urea groups is 1. The minimum Gasteiger partial charge on any atom is -0.497 e. The lowest BCUT2D eigenvalue weighted by molar-refractivity contribution is 0.262. The summed E-state index contributed by atoms with van der Waals surface area (Å²) in [6.45, 7) is 0.690. The third-order valence-electron chi connectivity index (χ3n) is 4.55. The highest BCUT2D eigenvalue weighted by Gasteiger charge is 2.11. The molecule has 0 saturated carbocycles. The van der Waals surface area contributed by atoms with Crippen molar-refractivity contribution in [2.45, 2.75) is 13.0 Å². The molecular weight excluding hydrogens is 408 g/mol. The van der Waals surface area contributed by atoms with Gasteiger partial charge in [0.1, 0.15) is 17.2 Å². The van der Waals surface area contributed by atoms with Gasteiger partial charge in [0.2, 0.25) is 5.88 Å². The molecule has 162 valence electrons. The summed E-state index contributed by atoms with van der Waals surface area (Å²) >= 11 is 0. The molecule has 0 aliphatic heterocycles. The quantitative estimate of drug-likeness (QED) is 0.431. The fraction of sp³-hybridized carbons (Fsp3) is 0.130. The minimum atomic E-state index is -0.447. The number of carbonyl (C=O) groups excluding carboxylic acids is 1. The Morgan fingerprint density at radius 2 is 1.75 bits per heavy atom. The first kappa shape index (κ1) is 20.9. The number of nitrogens with zero attached hydrogens (tertiary/aromatic N) is 4. The zero-order valence-electron chi connectivity index (χ0n) is 17.4. The molecule has 0 saturated heterocycles. The average molecular weight is 430 g/mol. The smallest absolute Gasteiger partial charge is 0.325 e. The molecule has 0 aliphatic carbocycles. The Labute approximate surface area is 185 Å². The second-order valence-electron chi connectivity index (χ2n) is 6.78. The van der Waals surface area contributed by atoms with Crippen molar-refractivity contribution in [3.8, 4) is 17.4 Å². The summed E-state index contributed by atoms with van der Waals surface area (Å²) in [7, 11) is 1.60. The second-order valence-corrected chi connectivity index (χ2v) is 6.78. The average Bonchev–Trinajstić information content (AvgIpc) is 3.27. The van der Waals surface area contributed by atoms with Crippen LogP contribution in [0.5, 0.6) is 17.4 Å². The van der Waals surface area contributed by atoms with Gasteiger partial charge >= 0.3 is 6.03 Å². The van der Waals surface area contributed by atoms with Crippen molar-refractivity contribution in [2.75, 3.05) is 17.7 Å².